The molecule has 0 aromatic heterocycles. The normalized spacial score (nSPS) is 10.6. The van der Waals surface area contributed by atoms with E-state index >= 15 is 0 Å². The third-order valence-electron chi connectivity index (χ3n) is 2.40. The maximum absolute atomic E-state index is 12.2. The number of carbonyl (C=O) groups is 1. The quantitative estimate of drug-likeness (QED) is 0.832. The first kappa shape index (κ1) is 14.5. The highest BCUT2D eigenvalue weighted by Crippen LogP contribution is 2.25. The molecular weight excluding hydrogens is 350 g/mol. The van der Waals surface area contributed by atoms with Gasteiger partial charge in [-0.3, -0.25) is 4.79 Å². The molecule has 0 unspecified atom stereocenters. The molecule has 0 radical (unpaired) electrons. The minimum absolute atomic E-state index is 0.0674. The van der Waals surface area contributed by atoms with Crippen LogP contribution in [0.15, 0.2) is 22.7 Å². The second-order valence-corrected chi connectivity index (χ2v) is 5.59. The number of carbonyl (C=O) groups excluding carboxylic acids is 1. The number of alkyl halides is 1. The second kappa shape index (κ2) is 6.40. The molecule has 1 aromatic carbocycles. The molecule has 94 valence electrons. The van der Waals surface area contributed by atoms with Crippen LogP contribution in [0.1, 0.15) is 24.2 Å². The summed E-state index contributed by atoms with van der Waals surface area (Å²) >= 11 is 6.53. The van der Waals surface area contributed by atoms with Crippen LogP contribution in [0.5, 0.6) is 5.75 Å². The van der Waals surface area contributed by atoms with Crippen molar-refractivity contribution in [1.82, 2.24) is 4.90 Å². The number of hydrogen-bond acceptors (Lipinski definition) is 2. The van der Waals surface area contributed by atoms with E-state index < -0.39 is 0 Å². The summed E-state index contributed by atoms with van der Waals surface area (Å²) in [5.74, 6) is 0.0145. The van der Waals surface area contributed by atoms with E-state index in [1.807, 2.05) is 13.8 Å². The molecule has 3 nitrogen and oxygen atoms in total. The Bertz CT molecular complexity index is 407. The lowest BCUT2D eigenvalue weighted by molar-refractivity contribution is 0.0719. The zero-order valence-electron chi connectivity index (χ0n) is 9.78. The largest absolute Gasteiger partial charge is 0.507 e. The monoisotopic (exact) mass is 363 g/mol. The maximum atomic E-state index is 12.2. The molecule has 1 amide bonds. The predicted octanol–water partition coefficient (Wildman–Crippen LogP) is 3.40. The summed E-state index contributed by atoms with van der Waals surface area (Å²) < 4.78 is 0.589. The number of nitrogens with zero attached hydrogens (tertiary/aromatic N) is 1. The summed E-state index contributed by atoms with van der Waals surface area (Å²) in [4.78, 5) is 14.0. The van der Waals surface area contributed by atoms with E-state index in [0.717, 1.165) is 5.33 Å². The number of halogens is 2. The molecule has 0 atom stereocenters. The maximum Gasteiger partial charge on any atom is 0.254 e. The van der Waals surface area contributed by atoms with Gasteiger partial charge >= 0.3 is 0 Å². The Morgan fingerprint density at radius 2 is 2.12 bits per heavy atom. The average Bonchev–Trinajstić information content (AvgIpc) is 2.28. The third kappa shape index (κ3) is 3.71. The molecule has 5 heteroatoms. The molecule has 0 saturated heterocycles. The van der Waals surface area contributed by atoms with Crippen molar-refractivity contribution in [2.24, 2.45) is 0 Å². The zero-order valence-corrected chi connectivity index (χ0v) is 13.0. The smallest absolute Gasteiger partial charge is 0.254 e. The highest BCUT2D eigenvalue weighted by Gasteiger charge is 2.18. The number of benzene rings is 1. The van der Waals surface area contributed by atoms with Gasteiger partial charge in [-0.1, -0.05) is 15.9 Å². The summed E-state index contributed by atoms with van der Waals surface area (Å²) in [6.07, 6.45) is 0. The second-order valence-electron chi connectivity index (χ2n) is 3.95. The number of phenols is 1. The van der Waals surface area contributed by atoms with E-state index in [0.29, 0.717) is 16.6 Å². The molecule has 0 heterocycles. The van der Waals surface area contributed by atoms with Gasteiger partial charge in [-0.15, -0.1) is 0 Å². The summed E-state index contributed by atoms with van der Waals surface area (Å²) in [7, 11) is 0. The fourth-order valence-electron chi connectivity index (χ4n) is 1.50. The molecule has 0 aliphatic carbocycles. The van der Waals surface area contributed by atoms with Crippen molar-refractivity contribution >= 4 is 37.8 Å². The molecule has 1 rings (SSSR count). The number of phenolic OH excluding ortho intramolecular Hbond substituents is 1. The van der Waals surface area contributed by atoms with Gasteiger partial charge in [-0.05, 0) is 48.0 Å². The minimum Gasteiger partial charge on any atom is -0.507 e. The van der Waals surface area contributed by atoms with E-state index in [1.165, 1.54) is 6.07 Å². The van der Waals surface area contributed by atoms with Gasteiger partial charge in [-0.25, -0.2) is 0 Å². The van der Waals surface area contributed by atoms with Crippen LogP contribution in [0.2, 0.25) is 0 Å². The van der Waals surface area contributed by atoms with E-state index in [4.69, 9.17) is 0 Å². The van der Waals surface area contributed by atoms with Gasteiger partial charge in [0.25, 0.3) is 5.91 Å². The van der Waals surface area contributed by atoms with E-state index in [2.05, 4.69) is 31.9 Å². The van der Waals surface area contributed by atoms with Crippen molar-refractivity contribution < 1.29 is 9.90 Å². The first-order chi connectivity index (χ1) is 7.97. The fourth-order valence-corrected chi connectivity index (χ4v) is 2.13. The molecule has 0 fully saturated rings. The molecule has 0 saturated carbocycles. The van der Waals surface area contributed by atoms with Crippen molar-refractivity contribution in [3.63, 3.8) is 0 Å². The van der Waals surface area contributed by atoms with Crippen LogP contribution in [0.25, 0.3) is 0 Å². The van der Waals surface area contributed by atoms with Gasteiger partial charge in [0.15, 0.2) is 0 Å². The van der Waals surface area contributed by atoms with Crippen LogP contribution in [0.4, 0.5) is 0 Å². The Hall–Kier alpha value is -0.550. The minimum atomic E-state index is -0.0674. The molecule has 1 aromatic rings. The first-order valence-electron chi connectivity index (χ1n) is 5.32. The summed E-state index contributed by atoms with van der Waals surface area (Å²) in [6, 6.07) is 4.99. The Labute approximate surface area is 118 Å². The number of hydrogen-bond donors (Lipinski definition) is 1. The van der Waals surface area contributed by atoms with E-state index in [9.17, 15) is 9.90 Å². The van der Waals surface area contributed by atoms with Gasteiger partial charge in [-0.2, -0.15) is 0 Å². The van der Waals surface area contributed by atoms with Crippen LogP contribution in [0.3, 0.4) is 0 Å². The van der Waals surface area contributed by atoms with Crippen molar-refractivity contribution in [2.45, 2.75) is 19.9 Å². The molecule has 1 N–H and O–H groups in total. The topological polar surface area (TPSA) is 40.5 Å². The van der Waals surface area contributed by atoms with Crippen molar-refractivity contribution in [2.75, 3.05) is 11.9 Å². The van der Waals surface area contributed by atoms with E-state index in [1.54, 1.807) is 17.0 Å². The number of aromatic hydroxyl groups is 1. The highest BCUT2D eigenvalue weighted by atomic mass is 79.9. The van der Waals surface area contributed by atoms with Gasteiger partial charge in [0.05, 0.1) is 4.47 Å². The van der Waals surface area contributed by atoms with Crippen LogP contribution in [-0.2, 0) is 0 Å². The van der Waals surface area contributed by atoms with Gasteiger partial charge < -0.3 is 10.0 Å². The average molecular weight is 365 g/mol. The lowest BCUT2D eigenvalue weighted by Gasteiger charge is -2.26. The van der Waals surface area contributed by atoms with Gasteiger partial charge in [0, 0.05) is 23.5 Å². The Morgan fingerprint density at radius 1 is 1.47 bits per heavy atom. The molecule has 17 heavy (non-hydrogen) atoms. The summed E-state index contributed by atoms with van der Waals surface area (Å²) in [5.41, 5.74) is 0.500. The van der Waals surface area contributed by atoms with Crippen molar-refractivity contribution in [3.05, 3.63) is 28.2 Å². The standard InChI is InChI=1S/C12H15Br2NO2/c1-8(2)15(6-5-13)12(17)9-3-4-10(14)11(16)7-9/h3-4,7-8,16H,5-6H2,1-2H3. The van der Waals surface area contributed by atoms with Gasteiger partial charge in [0.1, 0.15) is 5.75 Å². The molecule has 0 bridgehead atoms. The third-order valence-corrected chi connectivity index (χ3v) is 3.43. The lowest BCUT2D eigenvalue weighted by atomic mass is 10.1. The highest BCUT2D eigenvalue weighted by molar-refractivity contribution is 9.10. The lowest BCUT2D eigenvalue weighted by Crippen LogP contribution is -2.38. The van der Waals surface area contributed by atoms with E-state index in [-0.39, 0.29) is 17.7 Å². The Kier molecular flexibility index (Phi) is 5.46. The van der Waals surface area contributed by atoms with Crippen molar-refractivity contribution in [3.8, 4) is 5.75 Å². The first-order valence-corrected chi connectivity index (χ1v) is 7.24. The van der Waals surface area contributed by atoms with Crippen LogP contribution < -0.4 is 0 Å². The Morgan fingerprint density at radius 3 is 2.59 bits per heavy atom. The predicted molar refractivity (Wildman–Crippen MR) is 75.8 cm³/mol. The number of amides is 1. The van der Waals surface area contributed by atoms with Gasteiger partial charge in [0.2, 0.25) is 0 Å². The van der Waals surface area contributed by atoms with Crippen LogP contribution in [-0.4, -0.2) is 33.8 Å². The molecule has 0 aliphatic rings. The van der Waals surface area contributed by atoms with Crippen molar-refractivity contribution in [1.29, 1.82) is 0 Å². The van der Waals surface area contributed by atoms with Crippen LogP contribution >= 0.6 is 31.9 Å². The van der Waals surface area contributed by atoms with Crippen LogP contribution in [0, 0.1) is 0 Å². The number of rotatable bonds is 4. The fraction of sp³-hybridized carbons (Fsp3) is 0.417. The Balaban J connectivity index is 2.97. The molecule has 0 spiro atoms. The molecule has 0 aliphatic heterocycles. The summed E-state index contributed by atoms with van der Waals surface area (Å²) in [5, 5.41) is 10.3. The summed E-state index contributed by atoms with van der Waals surface area (Å²) in [6.45, 7) is 4.59. The molecular formula is C12H15Br2NO2. The SMILES string of the molecule is CC(C)N(CCBr)C(=O)c1ccc(Br)c(O)c1. The zero-order chi connectivity index (χ0) is 13.0.